The lowest BCUT2D eigenvalue weighted by Gasteiger charge is -2.37. The fourth-order valence-corrected chi connectivity index (χ4v) is 5.44. The molecule has 5 rings (SSSR count). The normalized spacial score (nSPS) is 19.3. The minimum Gasteiger partial charge on any atom is -0.459 e. The number of hydrogen-bond donors (Lipinski definition) is 3. The number of rotatable bonds is 6. The first kappa shape index (κ1) is 29.6. The monoisotopic (exact) mass is 580 g/mol. The number of esters is 1. The van der Waals surface area contributed by atoms with Crippen LogP contribution in [-0.2, 0) is 39.6 Å². The summed E-state index contributed by atoms with van der Waals surface area (Å²) in [4.78, 5) is 44.9. The molecule has 0 bridgehead atoms. The molecular formula is C30H36N4O8. The van der Waals surface area contributed by atoms with Crippen molar-refractivity contribution in [1.29, 1.82) is 0 Å². The highest BCUT2D eigenvalue weighted by Gasteiger charge is 2.44. The van der Waals surface area contributed by atoms with Crippen LogP contribution >= 0.6 is 0 Å². The molecular weight excluding hydrogens is 544 g/mol. The number of nitrogens with zero attached hydrogens (tertiary/aromatic N) is 3. The fourth-order valence-electron chi connectivity index (χ4n) is 5.44. The molecule has 1 unspecified atom stereocenters. The van der Waals surface area contributed by atoms with Crippen molar-refractivity contribution in [1.82, 2.24) is 19.8 Å². The van der Waals surface area contributed by atoms with Crippen molar-refractivity contribution < 1.29 is 34.0 Å². The fraction of sp³-hybridized carbons (Fsp3) is 0.467. The first-order valence-corrected chi connectivity index (χ1v) is 13.8. The quantitative estimate of drug-likeness (QED) is 0.290. The Kier molecular flexibility index (Phi) is 7.60. The van der Waals surface area contributed by atoms with E-state index in [0.29, 0.717) is 45.9 Å². The molecule has 2 aliphatic heterocycles. The molecule has 1 aromatic carbocycles. The van der Waals surface area contributed by atoms with Gasteiger partial charge >= 0.3 is 12.1 Å². The molecule has 0 saturated carbocycles. The van der Waals surface area contributed by atoms with Gasteiger partial charge in [-0.1, -0.05) is 6.92 Å². The van der Waals surface area contributed by atoms with Crippen molar-refractivity contribution in [2.45, 2.75) is 71.3 Å². The summed E-state index contributed by atoms with van der Waals surface area (Å²) in [5.74, 6) is -0.275. The van der Waals surface area contributed by atoms with E-state index < -0.39 is 29.6 Å². The standard InChI is InChI=1S/C30H36N4O8/c1-7-30(39)20-11-22-25-16(13-34(22)26(36)19(20)15-40-27(30)37)10-17-18(14-33(5)6)23(9-8-21(17)32-25)41-28(38)31-12-24(35)42-29(2,3)4/h8-11,27,37,39H,7,12-15H2,1-6H3,(H,31,38)/t27?,30-/m0/s1. The maximum absolute atomic E-state index is 13.5. The SMILES string of the molecule is CC[C@]1(O)c2cc3n(c(=O)c2COC1O)Cc1cc2c(CN(C)C)c(OC(=O)NCC(=O)OC(C)(C)C)ccc2nc1-3. The van der Waals surface area contributed by atoms with Crippen LogP contribution in [0.1, 0.15) is 56.4 Å². The Morgan fingerprint density at radius 2 is 2.00 bits per heavy atom. The van der Waals surface area contributed by atoms with E-state index in [9.17, 15) is 24.6 Å². The van der Waals surface area contributed by atoms with Gasteiger partial charge in [-0.3, -0.25) is 9.59 Å². The van der Waals surface area contributed by atoms with Gasteiger partial charge in [0.2, 0.25) is 0 Å². The summed E-state index contributed by atoms with van der Waals surface area (Å²) in [6.07, 6.45) is -2.09. The van der Waals surface area contributed by atoms with E-state index in [1.807, 2.05) is 25.1 Å². The number of benzene rings is 1. The van der Waals surface area contributed by atoms with Crippen LogP contribution in [0.4, 0.5) is 4.79 Å². The largest absolute Gasteiger partial charge is 0.459 e. The molecule has 224 valence electrons. The van der Waals surface area contributed by atoms with E-state index in [2.05, 4.69) is 5.32 Å². The lowest BCUT2D eigenvalue weighted by molar-refractivity contribution is -0.236. The van der Waals surface area contributed by atoms with Gasteiger partial charge in [-0.2, -0.15) is 0 Å². The minimum atomic E-state index is -1.71. The molecule has 12 heteroatoms. The Morgan fingerprint density at radius 3 is 2.67 bits per heavy atom. The number of carbonyl (C=O) groups excluding carboxylic acids is 2. The number of pyridine rings is 2. The van der Waals surface area contributed by atoms with Crippen molar-refractivity contribution in [2.75, 3.05) is 20.6 Å². The van der Waals surface area contributed by atoms with Gasteiger partial charge < -0.3 is 39.2 Å². The zero-order chi connectivity index (χ0) is 30.6. The van der Waals surface area contributed by atoms with E-state index in [0.717, 1.165) is 10.9 Å². The number of hydrogen-bond acceptors (Lipinski definition) is 10. The second-order valence-corrected chi connectivity index (χ2v) is 11.9. The number of aliphatic hydroxyl groups is 2. The van der Waals surface area contributed by atoms with Gasteiger partial charge in [-0.15, -0.1) is 0 Å². The Bertz CT molecular complexity index is 1640. The number of amides is 1. The van der Waals surface area contributed by atoms with Crippen LogP contribution in [-0.4, -0.2) is 69.3 Å². The van der Waals surface area contributed by atoms with Crippen LogP contribution < -0.4 is 15.6 Å². The maximum atomic E-state index is 13.5. The first-order valence-electron chi connectivity index (χ1n) is 13.8. The molecule has 0 fully saturated rings. The summed E-state index contributed by atoms with van der Waals surface area (Å²) in [7, 11) is 3.77. The third kappa shape index (κ3) is 5.38. The van der Waals surface area contributed by atoms with Crippen molar-refractivity contribution in [3.63, 3.8) is 0 Å². The minimum absolute atomic E-state index is 0.104. The summed E-state index contributed by atoms with van der Waals surface area (Å²) in [6.45, 7) is 7.18. The summed E-state index contributed by atoms with van der Waals surface area (Å²) >= 11 is 0. The topological polar surface area (TPSA) is 152 Å². The Labute approximate surface area is 242 Å². The zero-order valence-corrected chi connectivity index (χ0v) is 24.6. The molecule has 4 heterocycles. The second-order valence-electron chi connectivity index (χ2n) is 11.9. The lowest BCUT2D eigenvalue weighted by atomic mass is 9.85. The predicted octanol–water partition coefficient (Wildman–Crippen LogP) is 2.36. The van der Waals surface area contributed by atoms with Gasteiger partial charge in [-0.25, -0.2) is 9.78 Å². The first-order chi connectivity index (χ1) is 19.7. The highest BCUT2D eigenvalue weighted by atomic mass is 16.6. The molecule has 2 aromatic heterocycles. The molecule has 42 heavy (non-hydrogen) atoms. The van der Waals surface area contributed by atoms with E-state index in [1.54, 1.807) is 50.5 Å². The Balaban J connectivity index is 1.51. The average molecular weight is 581 g/mol. The highest BCUT2D eigenvalue weighted by molar-refractivity contribution is 5.89. The average Bonchev–Trinajstić information content (AvgIpc) is 3.27. The van der Waals surface area contributed by atoms with Crippen LogP contribution in [0.2, 0.25) is 0 Å². The van der Waals surface area contributed by atoms with E-state index in [-0.39, 0.29) is 31.7 Å². The van der Waals surface area contributed by atoms with Crippen LogP contribution in [0.15, 0.2) is 29.1 Å². The maximum Gasteiger partial charge on any atom is 0.413 e. The van der Waals surface area contributed by atoms with Gasteiger partial charge in [0.05, 0.1) is 30.1 Å². The van der Waals surface area contributed by atoms with Gasteiger partial charge in [0.25, 0.3) is 5.56 Å². The lowest BCUT2D eigenvalue weighted by Crippen LogP contribution is -2.47. The number of aliphatic hydroxyl groups excluding tert-OH is 1. The van der Waals surface area contributed by atoms with Gasteiger partial charge in [-0.05, 0) is 65.6 Å². The van der Waals surface area contributed by atoms with Gasteiger partial charge in [0, 0.05) is 34.2 Å². The molecule has 2 atom stereocenters. The van der Waals surface area contributed by atoms with Crippen LogP contribution in [0.3, 0.4) is 0 Å². The number of nitrogens with one attached hydrogen (secondary N) is 1. The highest BCUT2D eigenvalue weighted by Crippen LogP contribution is 2.41. The number of fused-ring (bicyclic) bond motifs is 5. The molecule has 0 spiro atoms. The summed E-state index contributed by atoms with van der Waals surface area (Å²) in [5.41, 5.74) is 1.24. The van der Waals surface area contributed by atoms with Crippen LogP contribution in [0.5, 0.6) is 5.75 Å². The molecule has 1 amide bonds. The van der Waals surface area contributed by atoms with Crippen molar-refractivity contribution in [2.24, 2.45) is 0 Å². The van der Waals surface area contributed by atoms with Crippen molar-refractivity contribution in [3.05, 3.63) is 56.9 Å². The van der Waals surface area contributed by atoms with Crippen molar-refractivity contribution >= 4 is 23.0 Å². The molecule has 3 aromatic rings. The Morgan fingerprint density at radius 1 is 1.26 bits per heavy atom. The third-order valence-electron chi connectivity index (χ3n) is 7.39. The smallest absolute Gasteiger partial charge is 0.413 e. The predicted molar refractivity (Wildman–Crippen MR) is 153 cm³/mol. The van der Waals surface area contributed by atoms with Crippen LogP contribution in [0.25, 0.3) is 22.3 Å². The van der Waals surface area contributed by atoms with E-state index >= 15 is 0 Å². The Hall–Kier alpha value is -3.84. The number of aromatic nitrogens is 2. The summed E-state index contributed by atoms with van der Waals surface area (Å²) in [6, 6.07) is 7.03. The van der Waals surface area contributed by atoms with Gasteiger partial charge in [0.15, 0.2) is 6.29 Å². The van der Waals surface area contributed by atoms with Crippen molar-refractivity contribution in [3.8, 4) is 17.1 Å². The molecule has 0 aliphatic carbocycles. The summed E-state index contributed by atoms with van der Waals surface area (Å²) < 4.78 is 17.8. The molecule has 0 saturated heterocycles. The molecule has 2 aliphatic rings. The summed E-state index contributed by atoms with van der Waals surface area (Å²) in [5, 5.41) is 24.8. The number of ether oxygens (including phenoxy) is 3. The third-order valence-corrected chi connectivity index (χ3v) is 7.39. The molecule has 3 N–H and O–H groups in total. The second kappa shape index (κ2) is 10.8. The zero-order valence-electron chi connectivity index (χ0n) is 24.6. The molecule has 0 radical (unpaired) electrons. The van der Waals surface area contributed by atoms with E-state index in [4.69, 9.17) is 19.2 Å². The van der Waals surface area contributed by atoms with Gasteiger partial charge in [0.1, 0.15) is 23.5 Å². The van der Waals surface area contributed by atoms with E-state index in [1.165, 1.54) is 0 Å². The van der Waals surface area contributed by atoms with Crippen LogP contribution in [0, 0.1) is 0 Å². The molecule has 12 nitrogen and oxygen atoms in total. The number of carbonyl (C=O) groups is 2.